The van der Waals surface area contributed by atoms with Crippen molar-refractivity contribution in [3.05, 3.63) is 11.8 Å². The van der Waals surface area contributed by atoms with Gasteiger partial charge in [-0.05, 0) is 26.3 Å². The van der Waals surface area contributed by atoms with E-state index in [1.807, 2.05) is 18.7 Å². The Labute approximate surface area is 116 Å². The molecular formula is C8H14KNO2. The summed E-state index contributed by atoms with van der Waals surface area (Å²) in [5.41, 5.74) is 0.272. The molecular weight excluding hydrogens is 181 g/mol. The molecule has 0 aromatic carbocycles. The van der Waals surface area contributed by atoms with Gasteiger partial charge in [0.2, 0.25) is 0 Å². The largest absolute Gasteiger partial charge is 1.00 e. The van der Waals surface area contributed by atoms with Crippen molar-refractivity contribution in [2.75, 3.05) is 13.1 Å². The van der Waals surface area contributed by atoms with E-state index >= 15 is 0 Å². The van der Waals surface area contributed by atoms with E-state index in [4.69, 9.17) is 0 Å². The fourth-order valence-corrected chi connectivity index (χ4v) is 0.733. The average Bonchev–Trinajstić information content (AvgIpc) is 1.99. The molecule has 0 aliphatic heterocycles. The number of carboxylic acids is 1. The van der Waals surface area contributed by atoms with Crippen LogP contribution in [0.4, 0.5) is 0 Å². The van der Waals surface area contributed by atoms with Crippen molar-refractivity contribution in [2.45, 2.75) is 20.8 Å². The molecule has 0 bridgehead atoms. The number of nitrogens with zero attached hydrogens (tertiary/aromatic N) is 1. The molecule has 0 saturated heterocycles. The predicted octanol–water partition coefficient (Wildman–Crippen LogP) is -3.01. The van der Waals surface area contributed by atoms with E-state index in [0.717, 1.165) is 13.1 Å². The summed E-state index contributed by atoms with van der Waals surface area (Å²) in [5, 5.41) is 10.3. The average molecular weight is 195 g/mol. The fraction of sp³-hybridized carbons (Fsp3) is 0.625. The summed E-state index contributed by atoms with van der Waals surface area (Å²) in [5.74, 6) is -1.10. The molecule has 0 radical (unpaired) electrons. The van der Waals surface area contributed by atoms with Crippen molar-refractivity contribution in [1.82, 2.24) is 4.90 Å². The minimum atomic E-state index is -1.10. The van der Waals surface area contributed by atoms with E-state index in [0.29, 0.717) is 0 Å². The van der Waals surface area contributed by atoms with Gasteiger partial charge in [-0.1, -0.05) is 0 Å². The fourth-order valence-electron chi connectivity index (χ4n) is 0.733. The molecule has 12 heavy (non-hydrogen) atoms. The third-order valence-electron chi connectivity index (χ3n) is 1.51. The molecule has 4 heteroatoms. The molecule has 0 aliphatic carbocycles. The normalized spacial score (nSPS) is 10.4. The van der Waals surface area contributed by atoms with Gasteiger partial charge in [-0.25, -0.2) is 0 Å². The number of aliphatic carboxylic acids is 1. The molecule has 0 unspecified atom stereocenters. The Balaban J connectivity index is 0. The van der Waals surface area contributed by atoms with Crippen LogP contribution in [0.15, 0.2) is 11.8 Å². The van der Waals surface area contributed by atoms with Gasteiger partial charge >= 0.3 is 51.4 Å². The van der Waals surface area contributed by atoms with Crippen LogP contribution in [0.5, 0.6) is 0 Å². The van der Waals surface area contributed by atoms with E-state index in [1.54, 1.807) is 6.20 Å². The van der Waals surface area contributed by atoms with Gasteiger partial charge in [0.15, 0.2) is 0 Å². The minimum Gasteiger partial charge on any atom is -0.545 e. The topological polar surface area (TPSA) is 43.4 Å². The van der Waals surface area contributed by atoms with Crippen LogP contribution >= 0.6 is 0 Å². The van der Waals surface area contributed by atoms with Gasteiger partial charge in [0.1, 0.15) is 0 Å². The Kier molecular flexibility index (Phi) is 10.4. The number of carboxylic acid groups (broad SMARTS) is 1. The van der Waals surface area contributed by atoms with Crippen LogP contribution in [0.2, 0.25) is 0 Å². The molecule has 3 nitrogen and oxygen atoms in total. The van der Waals surface area contributed by atoms with Crippen molar-refractivity contribution >= 4 is 5.97 Å². The molecule has 0 spiro atoms. The van der Waals surface area contributed by atoms with E-state index in [9.17, 15) is 9.90 Å². The molecule has 0 N–H and O–H groups in total. The van der Waals surface area contributed by atoms with Gasteiger partial charge in [0, 0.05) is 19.3 Å². The van der Waals surface area contributed by atoms with Crippen molar-refractivity contribution in [3.8, 4) is 0 Å². The smallest absolute Gasteiger partial charge is 0.545 e. The van der Waals surface area contributed by atoms with Gasteiger partial charge in [0.05, 0.1) is 5.97 Å². The summed E-state index contributed by atoms with van der Waals surface area (Å²) in [7, 11) is 0. The van der Waals surface area contributed by atoms with Crippen LogP contribution in [-0.2, 0) is 4.79 Å². The minimum absolute atomic E-state index is 0. The van der Waals surface area contributed by atoms with Crippen molar-refractivity contribution in [2.24, 2.45) is 0 Å². The summed E-state index contributed by atoms with van der Waals surface area (Å²) in [4.78, 5) is 12.2. The molecule has 0 heterocycles. The summed E-state index contributed by atoms with van der Waals surface area (Å²) in [6, 6.07) is 0. The second-order valence-electron chi connectivity index (χ2n) is 2.32. The Bertz CT molecular complexity index is 164. The third kappa shape index (κ3) is 6.19. The summed E-state index contributed by atoms with van der Waals surface area (Å²) in [6.45, 7) is 7.13. The number of carbonyl (C=O) groups excluding carboxylic acids is 1. The van der Waals surface area contributed by atoms with Crippen LogP contribution in [0.25, 0.3) is 0 Å². The monoisotopic (exact) mass is 195 g/mol. The number of hydrogen-bond acceptors (Lipinski definition) is 3. The zero-order valence-corrected chi connectivity index (χ0v) is 11.4. The van der Waals surface area contributed by atoms with Gasteiger partial charge < -0.3 is 14.8 Å². The number of hydrogen-bond donors (Lipinski definition) is 0. The molecule has 0 aromatic rings. The van der Waals surface area contributed by atoms with Crippen molar-refractivity contribution < 1.29 is 61.3 Å². The van der Waals surface area contributed by atoms with Crippen LogP contribution in [0.1, 0.15) is 20.8 Å². The zero-order valence-electron chi connectivity index (χ0n) is 8.26. The first-order valence-corrected chi connectivity index (χ1v) is 3.75. The SMILES string of the molecule is CCN(/C=C(\C)C(=O)[O-])CC.[K+]. The standard InChI is InChI=1S/C8H15NO2.K/c1-4-9(5-2)6-7(3)8(10)11;/h6H,4-5H2,1-3H3,(H,10,11);/q;+1/p-1/b7-6+;. The first-order chi connectivity index (χ1) is 5.11. The Morgan fingerprint density at radius 1 is 1.42 bits per heavy atom. The molecule has 64 valence electrons. The van der Waals surface area contributed by atoms with Gasteiger partial charge in [0.25, 0.3) is 0 Å². The maximum absolute atomic E-state index is 10.3. The number of rotatable bonds is 4. The summed E-state index contributed by atoms with van der Waals surface area (Å²) < 4.78 is 0. The second-order valence-corrected chi connectivity index (χ2v) is 2.32. The van der Waals surface area contributed by atoms with E-state index in [-0.39, 0.29) is 57.0 Å². The molecule has 0 aliphatic rings. The Morgan fingerprint density at radius 2 is 1.83 bits per heavy atom. The summed E-state index contributed by atoms with van der Waals surface area (Å²) >= 11 is 0. The van der Waals surface area contributed by atoms with Crippen molar-refractivity contribution in [3.63, 3.8) is 0 Å². The molecule has 0 aromatic heterocycles. The van der Waals surface area contributed by atoms with Gasteiger partial charge in [-0.15, -0.1) is 0 Å². The second kappa shape index (κ2) is 8.25. The van der Waals surface area contributed by atoms with Crippen LogP contribution < -0.4 is 56.5 Å². The Morgan fingerprint density at radius 3 is 2.08 bits per heavy atom. The van der Waals surface area contributed by atoms with E-state index in [2.05, 4.69) is 0 Å². The van der Waals surface area contributed by atoms with E-state index in [1.165, 1.54) is 6.92 Å². The van der Waals surface area contributed by atoms with Crippen molar-refractivity contribution in [1.29, 1.82) is 0 Å². The number of carbonyl (C=O) groups is 1. The van der Waals surface area contributed by atoms with Crippen LogP contribution in [-0.4, -0.2) is 24.0 Å². The Hall–Kier alpha value is 0.646. The first-order valence-electron chi connectivity index (χ1n) is 3.75. The molecule has 0 fully saturated rings. The third-order valence-corrected chi connectivity index (χ3v) is 1.51. The maximum atomic E-state index is 10.3. The predicted molar refractivity (Wildman–Crippen MR) is 41.7 cm³/mol. The van der Waals surface area contributed by atoms with Crippen LogP contribution in [0, 0.1) is 0 Å². The van der Waals surface area contributed by atoms with Gasteiger partial charge in [-0.2, -0.15) is 0 Å². The summed E-state index contributed by atoms with van der Waals surface area (Å²) in [6.07, 6.45) is 1.61. The first kappa shape index (κ1) is 15.1. The zero-order chi connectivity index (χ0) is 8.85. The quantitative estimate of drug-likeness (QED) is 0.354. The van der Waals surface area contributed by atoms with Gasteiger partial charge in [-0.3, -0.25) is 0 Å². The molecule has 0 amide bonds. The van der Waals surface area contributed by atoms with Crippen LogP contribution in [0.3, 0.4) is 0 Å². The van der Waals surface area contributed by atoms with E-state index < -0.39 is 5.97 Å². The molecule has 0 saturated carbocycles. The molecule has 0 atom stereocenters. The molecule has 0 rings (SSSR count). The maximum Gasteiger partial charge on any atom is 1.00 e.